The molecule has 4 heteroatoms. The zero-order valence-corrected chi connectivity index (χ0v) is 9.97. The second-order valence-corrected chi connectivity index (χ2v) is 4.98. The molecule has 92 valence electrons. The molecule has 4 nitrogen and oxygen atoms in total. The standard InChI is InChI=1S/C13H18N2O2/c1-17-10-2-3-11-8(4-10)6-15-7-9(16)5-12(15)13(11)14/h2-4,9,12-13,16H,5-7,14H2,1H3. The fourth-order valence-corrected chi connectivity index (χ4v) is 3.06. The van der Waals surface area contributed by atoms with Crippen LogP contribution in [0.3, 0.4) is 0 Å². The summed E-state index contributed by atoms with van der Waals surface area (Å²) in [6, 6.07) is 6.35. The summed E-state index contributed by atoms with van der Waals surface area (Å²) in [5.41, 5.74) is 8.71. The van der Waals surface area contributed by atoms with E-state index in [0.717, 1.165) is 25.3 Å². The van der Waals surface area contributed by atoms with Gasteiger partial charge in [0.25, 0.3) is 0 Å². The van der Waals surface area contributed by atoms with E-state index < -0.39 is 0 Å². The molecular formula is C13H18N2O2. The van der Waals surface area contributed by atoms with E-state index in [0.29, 0.717) is 0 Å². The van der Waals surface area contributed by atoms with Crippen molar-refractivity contribution < 1.29 is 9.84 Å². The van der Waals surface area contributed by atoms with Crippen LogP contribution >= 0.6 is 0 Å². The molecule has 0 spiro atoms. The average molecular weight is 234 g/mol. The van der Waals surface area contributed by atoms with Gasteiger partial charge < -0.3 is 15.6 Å². The highest BCUT2D eigenvalue weighted by Crippen LogP contribution is 2.37. The predicted octanol–water partition coefficient (Wildman–Crippen LogP) is 0.644. The lowest BCUT2D eigenvalue weighted by Crippen LogP contribution is -2.42. The fraction of sp³-hybridized carbons (Fsp3) is 0.538. The maximum absolute atomic E-state index is 9.74. The summed E-state index contributed by atoms with van der Waals surface area (Å²) < 4.78 is 5.24. The van der Waals surface area contributed by atoms with Crippen LogP contribution in [0, 0.1) is 0 Å². The first-order valence-electron chi connectivity index (χ1n) is 6.03. The van der Waals surface area contributed by atoms with Crippen LogP contribution in [0.2, 0.25) is 0 Å². The molecule has 0 radical (unpaired) electrons. The number of hydrogen-bond donors (Lipinski definition) is 2. The summed E-state index contributed by atoms with van der Waals surface area (Å²) in [7, 11) is 1.67. The Morgan fingerprint density at radius 2 is 2.29 bits per heavy atom. The Balaban J connectivity index is 1.97. The largest absolute Gasteiger partial charge is 0.497 e. The topological polar surface area (TPSA) is 58.7 Å². The number of fused-ring (bicyclic) bond motifs is 2. The van der Waals surface area contributed by atoms with Gasteiger partial charge in [0, 0.05) is 25.2 Å². The van der Waals surface area contributed by atoms with Crippen molar-refractivity contribution in [3.8, 4) is 5.75 Å². The zero-order chi connectivity index (χ0) is 12.0. The van der Waals surface area contributed by atoms with E-state index in [1.165, 1.54) is 11.1 Å². The number of nitrogens with two attached hydrogens (primary N) is 1. The first-order valence-corrected chi connectivity index (χ1v) is 6.03. The molecule has 1 aromatic carbocycles. The monoisotopic (exact) mass is 234 g/mol. The van der Waals surface area contributed by atoms with E-state index in [2.05, 4.69) is 17.0 Å². The van der Waals surface area contributed by atoms with Crippen LogP contribution in [0.1, 0.15) is 23.6 Å². The van der Waals surface area contributed by atoms with E-state index >= 15 is 0 Å². The lowest BCUT2D eigenvalue weighted by Gasteiger charge is -2.36. The number of ether oxygens (including phenoxy) is 1. The summed E-state index contributed by atoms with van der Waals surface area (Å²) in [4.78, 5) is 2.27. The molecule has 0 aliphatic carbocycles. The minimum atomic E-state index is -0.234. The Hall–Kier alpha value is -1.10. The Morgan fingerprint density at radius 1 is 1.47 bits per heavy atom. The summed E-state index contributed by atoms with van der Waals surface area (Å²) >= 11 is 0. The van der Waals surface area contributed by atoms with Crippen molar-refractivity contribution in [3.63, 3.8) is 0 Å². The number of methoxy groups -OCH3 is 1. The third kappa shape index (κ3) is 1.73. The van der Waals surface area contributed by atoms with Gasteiger partial charge >= 0.3 is 0 Å². The van der Waals surface area contributed by atoms with Gasteiger partial charge in [0.05, 0.1) is 13.2 Å². The van der Waals surface area contributed by atoms with Crippen molar-refractivity contribution in [1.29, 1.82) is 0 Å². The molecule has 1 aromatic rings. The summed E-state index contributed by atoms with van der Waals surface area (Å²) in [5.74, 6) is 0.870. The number of benzene rings is 1. The van der Waals surface area contributed by atoms with E-state index in [1.807, 2.05) is 6.07 Å². The molecule has 0 amide bonds. The highest BCUT2D eigenvalue weighted by atomic mass is 16.5. The highest BCUT2D eigenvalue weighted by molar-refractivity contribution is 5.40. The summed E-state index contributed by atoms with van der Waals surface area (Å²) in [5, 5.41) is 9.74. The number of aliphatic hydroxyl groups is 1. The molecule has 1 saturated heterocycles. The third-order valence-electron chi connectivity index (χ3n) is 3.93. The van der Waals surface area contributed by atoms with Gasteiger partial charge in [-0.15, -0.1) is 0 Å². The van der Waals surface area contributed by atoms with Gasteiger partial charge in [-0.05, 0) is 29.7 Å². The molecule has 2 aliphatic heterocycles. The number of hydrogen-bond acceptors (Lipinski definition) is 4. The Labute approximate surface area is 101 Å². The van der Waals surface area contributed by atoms with Gasteiger partial charge in [-0.25, -0.2) is 0 Å². The molecule has 1 fully saturated rings. The smallest absolute Gasteiger partial charge is 0.119 e. The quantitative estimate of drug-likeness (QED) is 0.749. The molecule has 2 aliphatic rings. The van der Waals surface area contributed by atoms with Crippen molar-refractivity contribution in [2.45, 2.75) is 31.2 Å². The van der Waals surface area contributed by atoms with Crippen molar-refractivity contribution in [3.05, 3.63) is 29.3 Å². The first-order chi connectivity index (χ1) is 8.19. The second kappa shape index (κ2) is 3.98. The third-order valence-corrected chi connectivity index (χ3v) is 3.93. The van der Waals surface area contributed by atoms with Crippen molar-refractivity contribution in [2.24, 2.45) is 5.73 Å². The lowest BCUT2D eigenvalue weighted by atomic mass is 9.89. The van der Waals surface area contributed by atoms with Crippen LogP contribution in [-0.2, 0) is 6.54 Å². The summed E-state index contributed by atoms with van der Waals surface area (Å²) in [6.07, 6.45) is 0.550. The minimum absolute atomic E-state index is 0.00167. The molecule has 17 heavy (non-hydrogen) atoms. The van der Waals surface area contributed by atoms with Crippen LogP contribution in [0.5, 0.6) is 5.75 Å². The van der Waals surface area contributed by atoms with Gasteiger partial charge in [-0.3, -0.25) is 4.90 Å². The van der Waals surface area contributed by atoms with Gasteiger partial charge in [-0.1, -0.05) is 6.07 Å². The van der Waals surface area contributed by atoms with Crippen LogP contribution < -0.4 is 10.5 Å². The second-order valence-electron chi connectivity index (χ2n) is 4.98. The van der Waals surface area contributed by atoms with Crippen LogP contribution in [0.25, 0.3) is 0 Å². The molecule has 3 rings (SSSR count). The van der Waals surface area contributed by atoms with Gasteiger partial charge in [-0.2, -0.15) is 0 Å². The minimum Gasteiger partial charge on any atom is -0.497 e. The Kier molecular flexibility index (Phi) is 2.58. The molecule has 3 N–H and O–H groups in total. The van der Waals surface area contributed by atoms with E-state index in [9.17, 15) is 5.11 Å². The van der Waals surface area contributed by atoms with Crippen molar-refractivity contribution in [2.75, 3.05) is 13.7 Å². The first kappa shape index (κ1) is 11.0. The van der Waals surface area contributed by atoms with Gasteiger partial charge in [0.15, 0.2) is 0 Å². The molecule has 3 atom stereocenters. The number of rotatable bonds is 1. The maximum atomic E-state index is 9.74. The molecule has 0 aromatic heterocycles. The van der Waals surface area contributed by atoms with Crippen LogP contribution in [0.15, 0.2) is 18.2 Å². The molecule has 0 bridgehead atoms. The molecular weight excluding hydrogens is 216 g/mol. The zero-order valence-electron chi connectivity index (χ0n) is 9.97. The van der Waals surface area contributed by atoms with Crippen LogP contribution in [-0.4, -0.2) is 35.8 Å². The Bertz CT molecular complexity index is 435. The number of aliphatic hydroxyl groups excluding tert-OH is 1. The van der Waals surface area contributed by atoms with E-state index in [1.54, 1.807) is 7.11 Å². The highest BCUT2D eigenvalue weighted by Gasteiger charge is 2.39. The number of nitrogens with zero attached hydrogens (tertiary/aromatic N) is 1. The van der Waals surface area contributed by atoms with Gasteiger partial charge in [0.1, 0.15) is 5.75 Å². The predicted molar refractivity (Wildman–Crippen MR) is 64.7 cm³/mol. The lowest BCUT2D eigenvalue weighted by molar-refractivity contribution is 0.166. The maximum Gasteiger partial charge on any atom is 0.119 e. The normalized spacial score (nSPS) is 32.1. The summed E-state index contributed by atoms with van der Waals surface area (Å²) in [6.45, 7) is 1.59. The van der Waals surface area contributed by atoms with E-state index in [-0.39, 0.29) is 18.2 Å². The van der Waals surface area contributed by atoms with Crippen LogP contribution in [0.4, 0.5) is 0 Å². The SMILES string of the molecule is COc1ccc2c(c1)CN1CC(O)CC1C2N. The average Bonchev–Trinajstić information content (AvgIpc) is 2.69. The van der Waals surface area contributed by atoms with Gasteiger partial charge in [0.2, 0.25) is 0 Å². The van der Waals surface area contributed by atoms with E-state index in [4.69, 9.17) is 10.5 Å². The van der Waals surface area contributed by atoms with Crippen molar-refractivity contribution in [1.82, 2.24) is 4.90 Å². The molecule has 0 saturated carbocycles. The fourth-order valence-electron chi connectivity index (χ4n) is 3.06. The molecule has 3 unspecified atom stereocenters. The van der Waals surface area contributed by atoms with Crippen molar-refractivity contribution >= 4 is 0 Å². The molecule has 2 heterocycles. The Morgan fingerprint density at radius 3 is 3.06 bits per heavy atom.